The number of imidazole rings is 2. The summed E-state index contributed by atoms with van der Waals surface area (Å²) in [4.78, 5) is 32.0. The molecule has 0 saturated carbocycles. The molecule has 7 nitrogen and oxygen atoms in total. The Labute approximate surface area is 108 Å². The average Bonchev–Trinajstić information content (AvgIpc) is 2.86. The maximum absolute atomic E-state index is 12.4. The summed E-state index contributed by atoms with van der Waals surface area (Å²) in [5.74, 6) is 0.589. The van der Waals surface area contributed by atoms with Gasteiger partial charge in [0, 0.05) is 25.0 Å². The number of aromatic nitrogens is 5. The minimum Gasteiger partial charge on any atom is -0.327 e. The standard InChI is InChI=1S/C12H15N5O2/c1-5-16-10(18)8-9(15(4)12(16)19)14-11-13-6(2)7(3)17(8)11/h5H2,1-4H3,(H,13,14). The van der Waals surface area contributed by atoms with Gasteiger partial charge >= 0.3 is 5.69 Å². The van der Waals surface area contributed by atoms with Crippen molar-refractivity contribution in [3.8, 4) is 0 Å². The van der Waals surface area contributed by atoms with Crippen molar-refractivity contribution in [2.45, 2.75) is 27.3 Å². The zero-order valence-electron chi connectivity index (χ0n) is 11.3. The van der Waals surface area contributed by atoms with Crippen LogP contribution in [0.1, 0.15) is 18.3 Å². The van der Waals surface area contributed by atoms with Gasteiger partial charge in [0.05, 0.1) is 0 Å². The normalized spacial score (nSPS) is 11.8. The first-order valence-corrected chi connectivity index (χ1v) is 6.14. The van der Waals surface area contributed by atoms with Crippen LogP contribution in [0, 0.1) is 13.8 Å². The number of hydrogen-bond acceptors (Lipinski definition) is 3. The van der Waals surface area contributed by atoms with Crippen molar-refractivity contribution >= 4 is 16.9 Å². The molecule has 3 heterocycles. The Morgan fingerprint density at radius 2 is 1.95 bits per heavy atom. The number of hydrogen-bond donors (Lipinski definition) is 1. The second-order valence-corrected chi connectivity index (χ2v) is 4.67. The summed E-state index contributed by atoms with van der Waals surface area (Å²) in [5.41, 5.74) is 2.11. The Balaban J connectivity index is 2.71. The van der Waals surface area contributed by atoms with Crippen molar-refractivity contribution in [2.24, 2.45) is 7.05 Å². The predicted octanol–water partition coefficient (Wildman–Crippen LogP) is 0.313. The Morgan fingerprint density at radius 3 is 2.58 bits per heavy atom. The van der Waals surface area contributed by atoms with E-state index in [1.807, 2.05) is 13.8 Å². The van der Waals surface area contributed by atoms with Crippen molar-refractivity contribution in [1.29, 1.82) is 0 Å². The predicted molar refractivity (Wildman–Crippen MR) is 71.7 cm³/mol. The van der Waals surface area contributed by atoms with Gasteiger partial charge in [0.25, 0.3) is 5.56 Å². The maximum atomic E-state index is 12.4. The molecule has 1 N–H and O–H groups in total. The van der Waals surface area contributed by atoms with Crippen LogP contribution in [0.2, 0.25) is 0 Å². The van der Waals surface area contributed by atoms with Gasteiger partial charge in [0.1, 0.15) is 0 Å². The summed E-state index contributed by atoms with van der Waals surface area (Å²) >= 11 is 0. The second-order valence-electron chi connectivity index (χ2n) is 4.67. The van der Waals surface area contributed by atoms with E-state index >= 15 is 0 Å². The molecule has 3 aromatic rings. The topological polar surface area (TPSA) is 77.1 Å². The second kappa shape index (κ2) is 3.59. The highest BCUT2D eigenvalue weighted by atomic mass is 16.2. The molecule has 0 bridgehead atoms. The number of nitrogens with one attached hydrogen (secondary N) is 1. The molecule has 0 aliphatic heterocycles. The van der Waals surface area contributed by atoms with Gasteiger partial charge in [-0.15, -0.1) is 0 Å². The molecule has 0 spiro atoms. The van der Waals surface area contributed by atoms with Crippen LogP contribution in [0.15, 0.2) is 9.59 Å². The summed E-state index contributed by atoms with van der Waals surface area (Å²) in [6.07, 6.45) is 0. The van der Waals surface area contributed by atoms with Gasteiger partial charge in [-0.3, -0.25) is 18.3 Å². The summed E-state index contributed by atoms with van der Waals surface area (Å²) in [6, 6.07) is 0. The highest BCUT2D eigenvalue weighted by Crippen LogP contribution is 2.16. The Kier molecular flexibility index (Phi) is 2.23. The SMILES string of the molecule is CCn1c(=O)c2c(nc3[nH]c(C)c(C)n32)n(C)c1=O. The fraction of sp³-hybridized carbons (Fsp3) is 0.417. The van der Waals surface area contributed by atoms with E-state index in [2.05, 4.69) is 9.97 Å². The first-order valence-electron chi connectivity index (χ1n) is 6.14. The summed E-state index contributed by atoms with van der Waals surface area (Å²) < 4.78 is 4.41. The van der Waals surface area contributed by atoms with Crippen molar-refractivity contribution < 1.29 is 0 Å². The van der Waals surface area contributed by atoms with Crippen LogP contribution in [-0.4, -0.2) is 23.5 Å². The van der Waals surface area contributed by atoms with E-state index < -0.39 is 0 Å². The van der Waals surface area contributed by atoms with Crippen molar-refractivity contribution in [2.75, 3.05) is 0 Å². The Hall–Kier alpha value is -2.31. The van der Waals surface area contributed by atoms with E-state index in [0.717, 1.165) is 11.4 Å². The Morgan fingerprint density at radius 1 is 1.26 bits per heavy atom. The molecule has 0 fully saturated rings. The molecule has 0 radical (unpaired) electrons. The molecule has 0 saturated heterocycles. The van der Waals surface area contributed by atoms with Gasteiger partial charge in [0.2, 0.25) is 5.78 Å². The zero-order valence-corrected chi connectivity index (χ0v) is 11.3. The molecule has 100 valence electrons. The first kappa shape index (κ1) is 11.8. The van der Waals surface area contributed by atoms with Crippen LogP contribution in [0.4, 0.5) is 0 Å². The lowest BCUT2D eigenvalue weighted by atomic mass is 10.4. The molecule has 0 amide bonds. The van der Waals surface area contributed by atoms with Gasteiger partial charge in [-0.1, -0.05) is 0 Å². The molecule has 19 heavy (non-hydrogen) atoms. The lowest BCUT2D eigenvalue weighted by Crippen LogP contribution is -2.38. The quantitative estimate of drug-likeness (QED) is 0.685. The lowest BCUT2D eigenvalue weighted by Gasteiger charge is -2.05. The largest absolute Gasteiger partial charge is 0.332 e. The highest BCUT2D eigenvalue weighted by molar-refractivity contribution is 5.76. The van der Waals surface area contributed by atoms with Crippen LogP contribution in [0.3, 0.4) is 0 Å². The zero-order chi connectivity index (χ0) is 13.9. The van der Waals surface area contributed by atoms with Gasteiger partial charge in [-0.2, -0.15) is 4.98 Å². The molecule has 7 heteroatoms. The van der Waals surface area contributed by atoms with E-state index in [-0.39, 0.29) is 11.2 Å². The van der Waals surface area contributed by atoms with Gasteiger partial charge in [-0.25, -0.2) is 4.79 Å². The number of H-pyrrole nitrogens is 1. The van der Waals surface area contributed by atoms with E-state index in [0.29, 0.717) is 23.5 Å². The van der Waals surface area contributed by atoms with Crippen molar-refractivity contribution in [1.82, 2.24) is 23.5 Å². The van der Waals surface area contributed by atoms with Crippen LogP contribution >= 0.6 is 0 Å². The number of rotatable bonds is 1. The molecule has 0 unspecified atom stereocenters. The lowest BCUT2D eigenvalue weighted by molar-refractivity contribution is 0.636. The molecule has 3 aromatic heterocycles. The molecular formula is C12H15N5O2. The summed E-state index contributed by atoms with van der Waals surface area (Å²) in [6.45, 7) is 5.97. The van der Waals surface area contributed by atoms with E-state index in [1.165, 1.54) is 9.13 Å². The number of aryl methyl sites for hydroxylation is 3. The van der Waals surface area contributed by atoms with Gasteiger partial charge in [0.15, 0.2) is 11.2 Å². The first-order chi connectivity index (χ1) is 8.97. The minimum atomic E-state index is -0.338. The van der Waals surface area contributed by atoms with E-state index in [4.69, 9.17) is 0 Å². The maximum Gasteiger partial charge on any atom is 0.332 e. The third kappa shape index (κ3) is 1.29. The van der Waals surface area contributed by atoms with Crippen LogP contribution in [0.25, 0.3) is 16.9 Å². The Bertz CT molecular complexity index is 922. The third-order valence-corrected chi connectivity index (χ3v) is 3.64. The number of nitrogens with zero attached hydrogens (tertiary/aromatic N) is 4. The van der Waals surface area contributed by atoms with E-state index in [9.17, 15) is 9.59 Å². The minimum absolute atomic E-state index is 0.296. The van der Waals surface area contributed by atoms with Crippen LogP contribution < -0.4 is 11.2 Å². The van der Waals surface area contributed by atoms with Gasteiger partial charge < -0.3 is 4.98 Å². The molecule has 0 aliphatic rings. The van der Waals surface area contributed by atoms with Crippen molar-refractivity contribution in [3.05, 3.63) is 32.2 Å². The monoisotopic (exact) mass is 261 g/mol. The van der Waals surface area contributed by atoms with Crippen molar-refractivity contribution in [3.63, 3.8) is 0 Å². The number of fused-ring (bicyclic) bond motifs is 3. The number of aromatic amines is 1. The third-order valence-electron chi connectivity index (χ3n) is 3.64. The smallest absolute Gasteiger partial charge is 0.327 e. The molecule has 0 aromatic carbocycles. The summed E-state index contributed by atoms with van der Waals surface area (Å²) in [7, 11) is 1.63. The molecule has 0 atom stereocenters. The summed E-state index contributed by atoms with van der Waals surface area (Å²) in [5, 5.41) is 0. The van der Waals surface area contributed by atoms with Gasteiger partial charge in [-0.05, 0) is 20.8 Å². The average molecular weight is 261 g/mol. The molecular weight excluding hydrogens is 246 g/mol. The van der Waals surface area contributed by atoms with Crippen LogP contribution in [-0.2, 0) is 13.6 Å². The highest BCUT2D eigenvalue weighted by Gasteiger charge is 2.18. The molecule has 3 rings (SSSR count). The fourth-order valence-corrected chi connectivity index (χ4v) is 2.44. The fourth-order valence-electron chi connectivity index (χ4n) is 2.44. The van der Waals surface area contributed by atoms with E-state index in [1.54, 1.807) is 18.4 Å². The molecule has 0 aliphatic carbocycles. The van der Waals surface area contributed by atoms with Crippen LogP contribution in [0.5, 0.6) is 0 Å².